The summed E-state index contributed by atoms with van der Waals surface area (Å²) in [6.45, 7) is 24.1. The molecule has 0 spiro atoms. The third kappa shape index (κ3) is 5.31. The van der Waals surface area contributed by atoms with Crippen LogP contribution >= 0.6 is 0 Å². The molecule has 0 N–H and O–H groups in total. The molecule has 0 aromatic rings. The smallest absolute Gasteiger partial charge is 0.115 e. The van der Waals surface area contributed by atoms with E-state index in [2.05, 4.69) is 87.5 Å². The second-order valence-electron chi connectivity index (χ2n) is 12.4. The van der Waals surface area contributed by atoms with Crippen LogP contribution in [0.25, 0.3) is 0 Å². The summed E-state index contributed by atoms with van der Waals surface area (Å²) in [5.41, 5.74) is 0.169. The van der Waals surface area contributed by atoms with E-state index in [-0.39, 0.29) is 11.0 Å². The van der Waals surface area contributed by atoms with E-state index in [1.54, 1.807) is 0 Å². The largest absolute Gasteiger partial charge is 0.490 e. The molecule has 1 fully saturated rings. The Balaban J connectivity index is 2.75. The first kappa shape index (κ1) is 24.5. The lowest BCUT2D eigenvalue weighted by Crippen LogP contribution is -2.61. The summed E-state index contributed by atoms with van der Waals surface area (Å²) in [4.78, 5) is 0. The van der Waals surface area contributed by atoms with E-state index in [4.69, 9.17) is 4.74 Å². The Morgan fingerprint density at radius 3 is 1.62 bits per heavy atom. The first-order valence-corrected chi connectivity index (χ1v) is 12.5. The molecule has 0 radical (unpaired) electrons. The zero-order valence-corrected chi connectivity index (χ0v) is 21.2. The molecule has 0 amide bonds. The van der Waals surface area contributed by atoms with Gasteiger partial charge in [0, 0.05) is 11.3 Å². The van der Waals surface area contributed by atoms with Gasteiger partial charge in [0.05, 0.1) is 0 Å². The molecule has 1 nitrogen and oxygen atoms in total. The molecule has 1 saturated heterocycles. The molecule has 1 heterocycles. The average Bonchev–Trinajstić information content (AvgIpc) is 2.96. The van der Waals surface area contributed by atoms with Gasteiger partial charge in [0.1, 0.15) is 11.4 Å². The highest BCUT2D eigenvalue weighted by Crippen LogP contribution is 2.64. The highest BCUT2D eigenvalue weighted by Gasteiger charge is 2.62. The quantitative estimate of drug-likeness (QED) is 0.355. The Morgan fingerprint density at radius 1 is 0.724 bits per heavy atom. The van der Waals surface area contributed by atoms with Crippen LogP contribution in [0.5, 0.6) is 0 Å². The number of hydrogen-bond donors (Lipinski definition) is 0. The zero-order chi connectivity index (χ0) is 22.0. The van der Waals surface area contributed by atoms with Gasteiger partial charge < -0.3 is 4.74 Å². The molecule has 0 aromatic heterocycles. The molecular weight excluding hydrogens is 352 g/mol. The molecule has 0 aromatic carbocycles. The van der Waals surface area contributed by atoms with Crippen LogP contribution in [-0.2, 0) is 4.74 Å². The lowest BCUT2D eigenvalue weighted by molar-refractivity contribution is -0.215. The first-order chi connectivity index (χ1) is 13.4. The van der Waals surface area contributed by atoms with Crippen LogP contribution in [0.2, 0.25) is 0 Å². The summed E-state index contributed by atoms with van der Waals surface area (Å²) in [5, 5.41) is 0. The third-order valence-electron chi connectivity index (χ3n) is 7.02. The van der Waals surface area contributed by atoms with Crippen LogP contribution in [0, 0.1) is 46.8 Å². The van der Waals surface area contributed by atoms with Crippen LogP contribution in [0.4, 0.5) is 0 Å². The molecule has 1 aliphatic heterocycles. The van der Waals surface area contributed by atoms with Gasteiger partial charge in [0.2, 0.25) is 0 Å². The van der Waals surface area contributed by atoms with Gasteiger partial charge in [-0.05, 0) is 73.7 Å². The standard InChI is InChI=1S/C28H50O/c1-19(2)14-25-24-12-11-13-26(24)29-28(17-22(7)8,18-23(9)10)27(25,15-20(3)4)16-21(5)6/h11-13,19-25H,14-18H2,1-10H3. The van der Waals surface area contributed by atoms with Crippen molar-refractivity contribution < 1.29 is 4.74 Å². The summed E-state index contributed by atoms with van der Waals surface area (Å²) >= 11 is 0. The van der Waals surface area contributed by atoms with Crippen LogP contribution in [-0.4, -0.2) is 5.60 Å². The van der Waals surface area contributed by atoms with E-state index in [1.807, 2.05) is 0 Å². The molecule has 2 aliphatic rings. The van der Waals surface area contributed by atoms with Crippen molar-refractivity contribution in [2.24, 2.45) is 46.8 Å². The second-order valence-corrected chi connectivity index (χ2v) is 12.4. The average molecular weight is 403 g/mol. The van der Waals surface area contributed by atoms with Gasteiger partial charge in [0.15, 0.2) is 0 Å². The minimum absolute atomic E-state index is 0.0578. The number of allylic oxidation sites excluding steroid dienone is 3. The van der Waals surface area contributed by atoms with Crippen molar-refractivity contribution in [1.82, 2.24) is 0 Å². The van der Waals surface area contributed by atoms with Crippen LogP contribution in [0.15, 0.2) is 24.0 Å². The van der Waals surface area contributed by atoms with E-state index < -0.39 is 0 Å². The molecule has 0 saturated carbocycles. The van der Waals surface area contributed by atoms with Crippen molar-refractivity contribution in [2.45, 2.75) is 107 Å². The molecule has 2 unspecified atom stereocenters. The fraction of sp³-hybridized carbons (Fsp3) is 0.857. The Kier molecular flexibility index (Phi) is 8.13. The second kappa shape index (κ2) is 9.61. The van der Waals surface area contributed by atoms with Gasteiger partial charge in [-0.2, -0.15) is 0 Å². The fourth-order valence-electron chi connectivity index (χ4n) is 6.91. The van der Waals surface area contributed by atoms with E-state index in [9.17, 15) is 0 Å². The highest BCUT2D eigenvalue weighted by atomic mass is 16.5. The van der Waals surface area contributed by atoms with Crippen molar-refractivity contribution in [1.29, 1.82) is 0 Å². The predicted molar refractivity (Wildman–Crippen MR) is 128 cm³/mol. The summed E-state index contributed by atoms with van der Waals surface area (Å²) in [6.07, 6.45) is 13.2. The number of rotatable bonds is 10. The van der Waals surface area contributed by atoms with Gasteiger partial charge in [-0.25, -0.2) is 0 Å². The molecule has 2 rings (SSSR count). The summed E-state index contributed by atoms with van der Waals surface area (Å²) in [6, 6.07) is 0. The van der Waals surface area contributed by atoms with Crippen LogP contribution in [0.1, 0.15) is 101 Å². The fourth-order valence-corrected chi connectivity index (χ4v) is 6.91. The Labute approximate surface area is 182 Å². The topological polar surface area (TPSA) is 9.23 Å². The summed E-state index contributed by atoms with van der Waals surface area (Å²) in [5.74, 6) is 5.76. The molecule has 2 atom stereocenters. The first-order valence-electron chi connectivity index (χ1n) is 12.5. The molecule has 0 bridgehead atoms. The molecule has 1 aliphatic carbocycles. The minimum Gasteiger partial charge on any atom is -0.490 e. The maximum atomic E-state index is 7.25. The highest BCUT2D eigenvalue weighted by molar-refractivity contribution is 5.30. The Morgan fingerprint density at radius 2 is 1.21 bits per heavy atom. The molecule has 1 heteroatoms. The van der Waals surface area contributed by atoms with Crippen molar-refractivity contribution in [3.63, 3.8) is 0 Å². The van der Waals surface area contributed by atoms with Crippen LogP contribution in [0.3, 0.4) is 0 Å². The SMILES string of the molecule is CC(C)CC1C2C=CC=C2OC(CC(C)C)(CC(C)C)C1(CC(C)C)CC(C)C. The third-order valence-corrected chi connectivity index (χ3v) is 7.02. The summed E-state index contributed by atoms with van der Waals surface area (Å²) in [7, 11) is 0. The lowest BCUT2D eigenvalue weighted by atomic mass is 9.49. The maximum Gasteiger partial charge on any atom is 0.115 e. The summed E-state index contributed by atoms with van der Waals surface area (Å²) < 4.78 is 7.25. The predicted octanol–water partition coefficient (Wildman–Crippen LogP) is 8.66. The number of fused-ring (bicyclic) bond motifs is 1. The normalized spacial score (nSPS) is 25.3. The van der Waals surface area contributed by atoms with Gasteiger partial charge in [-0.1, -0.05) is 81.4 Å². The lowest BCUT2D eigenvalue weighted by Gasteiger charge is -2.62. The van der Waals surface area contributed by atoms with E-state index >= 15 is 0 Å². The van der Waals surface area contributed by atoms with Crippen LogP contribution < -0.4 is 0 Å². The van der Waals surface area contributed by atoms with Gasteiger partial charge in [-0.3, -0.25) is 0 Å². The maximum absolute atomic E-state index is 7.25. The monoisotopic (exact) mass is 402 g/mol. The van der Waals surface area contributed by atoms with Crippen molar-refractivity contribution >= 4 is 0 Å². The number of hydrogen-bond acceptors (Lipinski definition) is 1. The van der Waals surface area contributed by atoms with Gasteiger partial charge in [-0.15, -0.1) is 0 Å². The molecule has 168 valence electrons. The molecular formula is C28H50O. The Bertz CT molecular complexity index is 555. The van der Waals surface area contributed by atoms with Crippen molar-refractivity contribution in [2.75, 3.05) is 0 Å². The zero-order valence-electron chi connectivity index (χ0n) is 21.2. The molecule has 29 heavy (non-hydrogen) atoms. The van der Waals surface area contributed by atoms with Crippen molar-refractivity contribution in [3.05, 3.63) is 24.0 Å². The van der Waals surface area contributed by atoms with Crippen molar-refractivity contribution in [3.8, 4) is 0 Å². The van der Waals surface area contributed by atoms with Gasteiger partial charge in [0.25, 0.3) is 0 Å². The van der Waals surface area contributed by atoms with E-state index in [1.165, 1.54) is 37.9 Å². The minimum atomic E-state index is -0.0578. The Hall–Kier alpha value is -0.720. The van der Waals surface area contributed by atoms with Gasteiger partial charge >= 0.3 is 0 Å². The van der Waals surface area contributed by atoms with E-state index in [0.717, 1.165) is 0 Å². The number of ether oxygens (including phenoxy) is 1. The van der Waals surface area contributed by atoms with E-state index in [0.29, 0.717) is 41.4 Å².